The first-order chi connectivity index (χ1) is 12.2. The van der Waals surface area contributed by atoms with Crippen LogP contribution < -0.4 is 0 Å². The zero-order chi connectivity index (χ0) is 17.3. The summed E-state index contributed by atoms with van der Waals surface area (Å²) in [5.74, 6) is 0.450. The van der Waals surface area contributed by atoms with E-state index in [0.29, 0.717) is 5.92 Å². The Balaban J connectivity index is 1.74. The van der Waals surface area contributed by atoms with E-state index in [9.17, 15) is 4.79 Å². The second kappa shape index (κ2) is 6.84. The Hall–Kier alpha value is -1.80. The van der Waals surface area contributed by atoms with Crippen LogP contribution in [-0.4, -0.2) is 22.2 Å². The van der Waals surface area contributed by atoms with E-state index in [0.717, 1.165) is 31.4 Å². The summed E-state index contributed by atoms with van der Waals surface area (Å²) in [7, 11) is 0. The molecule has 2 aromatic rings. The third-order valence-corrected chi connectivity index (χ3v) is 6.59. The number of nitrogens with zero attached hydrogens (tertiary/aromatic N) is 1. The number of rotatable bonds is 2. The number of alkyl halides is 1. The van der Waals surface area contributed by atoms with Crippen molar-refractivity contribution in [1.82, 2.24) is 4.90 Å². The Kier molecular flexibility index (Phi) is 4.56. The van der Waals surface area contributed by atoms with Crippen molar-refractivity contribution >= 4 is 17.5 Å². The minimum atomic E-state index is -0.160. The lowest BCUT2D eigenvalue weighted by molar-refractivity contribution is 0.0279. The van der Waals surface area contributed by atoms with Gasteiger partial charge in [0.2, 0.25) is 0 Å². The average molecular weight is 354 g/mol. The molecule has 1 saturated carbocycles. The molecule has 3 heteroatoms. The summed E-state index contributed by atoms with van der Waals surface area (Å²) >= 11 is 7.10. The SMILES string of the molecule is O=C(c1ccccc1)N1CC[C@]2(Cl)CCCC[C@@H]2[C@H]1c1ccccc1. The van der Waals surface area contributed by atoms with Crippen LogP contribution in [0.25, 0.3) is 0 Å². The van der Waals surface area contributed by atoms with Gasteiger partial charge in [0.25, 0.3) is 5.91 Å². The summed E-state index contributed by atoms with van der Waals surface area (Å²) in [4.78, 5) is 15.2. The normalized spacial score (nSPS) is 29.1. The van der Waals surface area contributed by atoms with Gasteiger partial charge in [-0.25, -0.2) is 0 Å². The minimum absolute atomic E-state index is 0.0699. The lowest BCUT2D eigenvalue weighted by Gasteiger charge is -2.52. The van der Waals surface area contributed by atoms with Gasteiger partial charge in [-0.1, -0.05) is 61.4 Å². The number of likely N-dealkylation sites (tertiary alicyclic amines) is 1. The van der Waals surface area contributed by atoms with Crippen molar-refractivity contribution in [2.75, 3.05) is 6.54 Å². The van der Waals surface area contributed by atoms with Gasteiger partial charge >= 0.3 is 0 Å². The van der Waals surface area contributed by atoms with Gasteiger partial charge in [0.15, 0.2) is 0 Å². The highest BCUT2D eigenvalue weighted by atomic mass is 35.5. The Morgan fingerprint density at radius 3 is 2.36 bits per heavy atom. The summed E-state index contributed by atoms with van der Waals surface area (Å²) < 4.78 is 0. The fourth-order valence-electron chi connectivity index (χ4n) is 4.68. The molecule has 4 rings (SSSR count). The van der Waals surface area contributed by atoms with Gasteiger partial charge in [0.05, 0.1) is 10.9 Å². The number of carbonyl (C=O) groups excluding carboxylic acids is 1. The van der Waals surface area contributed by atoms with E-state index < -0.39 is 0 Å². The van der Waals surface area contributed by atoms with Gasteiger partial charge in [-0.05, 0) is 37.0 Å². The number of halogens is 1. The van der Waals surface area contributed by atoms with Gasteiger partial charge in [0.1, 0.15) is 0 Å². The number of amides is 1. The van der Waals surface area contributed by atoms with Crippen LogP contribution >= 0.6 is 11.6 Å². The highest BCUT2D eigenvalue weighted by molar-refractivity contribution is 6.24. The van der Waals surface area contributed by atoms with E-state index in [1.165, 1.54) is 18.4 Å². The number of hydrogen-bond acceptors (Lipinski definition) is 1. The standard InChI is InChI=1S/C22H24ClNO/c23-22-14-8-7-13-19(22)20(17-9-3-1-4-10-17)24(16-15-22)21(25)18-11-5-2-6-12-18/h1-6,9-12,19-20H,7-8,13-16H2/t19-,20-,22-/m1/s1. The van der Waals surface area contributed by atoms with Crippen LogP contribution in [0.2, 0.25) is 0 Å². The molecule has 0 aromatic heterocycles. The molecule has 1 heterocycles. The second-order valence-corrected chi connectivity index (χ2v) is 8.11. The summed E-state index contributed by atoms with van der Waals surface area (Å²) in [6.07, 6.45) is 5.46. The van der Waals surface area contributed by atoms with Gasteiger partial charge in [-0.3, -0.25) is 4.79 Å². The molecular formula is C22H24ClNO. The molecule has 0 spiro atoms. The van der Waals surface area contributed by atoms with Crippen LogP contribution in [0.3, 0.4) is 0 Å². The maximum atomic E-state index is 13.2. The van der Waals surface area contributed by atoms with E-state index >= 15 is 0 Å². The molecule has 0 N–H and O–H groups in total. The van der Waals surface area contributed by atoms with Crippen molar-refractivity contribution < 1.29 is 4.79 Å². The smallest absolute Gasteiger partial charge is 0.254 e. The lowest BCUT2D eigenvalue weighted by Crippen LogP contribution is -2.53. The predicted molar refractivity (Wildman–Crippen MR) is 102 cm³/mol. The molecule has 3 atom stereocenters. The molecule has 2 aromatic carbocycles. The van der Waals surface area contributed by atoms with Crippen molar-refractivity contribution in [2.45, 2.75) is 43.0 Å². The molecule has 0 radical (unpaired) electrons. The monoisotopic (exact) mass is 353 g/mol. The number of benzene rings is 2. The Bertz CT molecular complexity index is 732. The Labute approximate surface area is 154 Å². The molecule has 1 saturated heterocycles. The third-order valence-electron chi connectivity index (χ3n) is 5.93. The first-order valence-electron chi connectivity index (χ1n) is 9.29. The summed E-state index contributed by atoms with van der Waals surface area (Å²) in [6, 6.07) is 20.2. The maximum Gasteiger partial charge on any atom is 0.254 e. The van der Waals surface area contributed by atoms with Crippen LogP contribution in [0.15, 0.2) is 60.7 Å². The van der Waals surface area contributed by atoms with Crippen LogP contribution in [0.5, 0.6) is 0 Å². The molecule has 2 fully saturated rings. The fourth-order valence-corrected chi connectivity index (χ4v) is 5.12. The van der Waals surface area contributed by atoms with Gasteiger partial charge in [-0.2, -0.15) is 0 Å². The Morgan fingerprint density at radius 1 is 0.960 bits per heavy atom. The lowest BCUT2D eigenvalue weighted by atomic mass is 9.68. The van der Waals surface area contributed by atoms with Gasteiger partial charge < -0.3 is 4.90 Å². The van der Waals surface area contributed by atoms with Crippen molar-refractivity contribution in [2.24, 2.45) is 5.92 Å². The zero-order valence-corrected chi connectivity index (χ0v) is 15.2. The van der Waals surface area contributed by atoms with E-state index in [1.54, 1.807) is 0 Å². The first kappa shape index (κ1) is 16.7. The van der Waals surface area contributed by atoms with Crippen LogP contribution in [0.4, 0.5) is 0 Å². The molecular weight excluding hydrogens is 330 g/mol. The van der Waals surface area contributed by atoms with Crippen molar-refractivity contribution in [1.29, 1.82) is 0 Å². The number of hydrogen-bond donors (Lipinski definition) is 0. The predicted octanol–water partition coefficient (Wildman–Crippen LogP) is 5.44. The first-order valence-corrected chi connectivity index (χ1v) is 9.67. The van der Waals surface area contributed by atoms with E-state index in [4.69, 9.17) is 11.6 Å². The highest BCUT2D eigenvalue weighted by Crippen LogP contribution is 2.52. The van der Waals surface area contributed by atoms with Gasteiger partial charge in [-0.15, -0.1) is 11.6 Å². The molecule has 130 valence electrons. The van der Waals surface area contributed by atoms with Crippen LogP contribution in [-0.2, 0) is 0 Å². The Morgan fingerprint density at radius 2 is 1.64 bits per heavy atom. The third kappa shape index (κ3) is 3.08. The molecule has 25 heavy (non-hydrogen) atoms. The molecule has 0 bridgehead atoms. The molecule has 1 amide bonds. The van der Waals surface area contributed by atoms with E-state index in [2.05, 4.69) is 29.2 Å². The quantitative estimate of drug-likeness (QED) is 0.658. The molecule has 1 aliphatic carbocycles. The van der Waals surface area contributed by atoms with Gasteiger partial charge in [0, 0.05) is 18.0 Å². The second-order valence-electron chi connectivity index (χ2n) is 7.36. The zero-order valence-electron chi connectivity index (χ0n) is 14.4. The number of piperidine rings is 1. The molecule has 2 aliphatic rings. The number of fused-ring (bicyclic) bond motifs is 1. The fraction of sp³-hybridized carbons (Fsp3) is 0.409. The summed E-state index contributed by atoms with van der Waals surface area (Å²) in [6.45, 7) is 0.729. The van der Waals surface area contributed by atoms with Crippen LogP contribution in [0, 0.1) is 5.92 Å². The highest BCUT2D eigenvalue weighted by Gasteiger charge is 2.50. The largest absolute Gasteiger partial charge is 0.331 e. The summed E-state index contributed by atoms with van der Waals surface area (Å²) in [5, 5.41) is 0. The maximum absolute atomic E-state index is 13.2. The van der Waals surface area contributed by atoms with Crippen molar-refractivity contribution in [3.63, 3.8) is 0 Å². The topological polar surface area (TPSA) is 20.3 Å². The van der Waals surface area contributed by atoms with Crippen molar-refractivity contribution in [3.8, 4) is 0 Å². The van der Waals surface area contributed by atoms with Crippen LogP contribution in [0.1, 0.15) is 54.1 Å². The van der Waals surface area contributed by atoms with Crippen molar-refractivity contribution in [3.05, 3.63) is 71.8 Å². The molecule has 0 unspecified atom stereocenters. The van der Waals surface area contributed by atoms with E-state index in [1.807, 2.05) is 36.4 Å². The number of carbonyl (C=O) groups is 1. The molecule has 2 nitrogen and oxygen atoms in total. The summed E-state index contributed by atoms with van der Waals surface area (Å²) in [5.41, 5.74) is 1.98. The van der Waals surface area contributed by atoms with E-state index in [-0.39, 0.29) is 16.8 Å². The average Bonchev–Trinajstić information content (AvgIpc) is 2.67. The minimum Gasteiger partial charge on any atom is -0.331 e. The molecule has 1 aliphatic heterocycles.